The number of benzene rings is 3. The van der Waals surface area contributed by atoms with Gasteiger partial charge in [0.1, 0.15) is 28.9 Å². The van der Waals surface area contributed by atoms with Gasteiger partial charge in [-0.1, -0.05) is 60.8 Å². The molecule has 2 N–H and O–H groups in total. The van der Waals surface area contributed by atoms with Crippen LogP contribution in [0.3, 0.4) is 0 Å². The second kappa shape index (κ2) is 11.5. The molecule has 190 valence electrons. The molecule has 0 bridgehead atoms. The van der Waals surface area contributed by atoms with Crippen molar-refractivity contribution in [3.63, 3.8) is 0 Å². The summed E-state index contributed by atoms with van der Waals surface area (Å²) >= 11 is 12.3. The number of rotatable bonds is 8. The molecule has 4 rings (SSSR count). The van der Waals surface area contributed by atoms with Crippen LogP contribution in [0.25, 0.3) is 0 Å². The fraction of sp³-hybridized carbons (Fsp3) is 0.214. The zero-order chi connectivity index (χ0) is 26.5. The van der Waals surface area contributed by atoms with Crippen molar-refractivity contribution in [2.45, 2.75) is 25.7 Å². The molecule has 3 aromatic rings. The Balaban J connectivity index is 1.67. The third kappa shape index (κ3) is 5.46. The van der Waals surface area contributed by atoms with Gasteiger partial charge in [-0.25, -0.2) is 4.79 Å². The van der Waals surface area contributed by atoms with E-state index in [0.717, 1.165) is 18.4 Å². The number of nitrogens with zero attached hydrogens (tertiary/aromatic N) is 1. The summed E-state index contributed by atoms with van der Waals surface area (Å²) in [5.41, 5.74) is 8.05. The Bertz CT molecular complexity index is 1390. The number of allylic oxidation sites excluding steroid dienone is 1. The molecule has 1 atom stereocenters. The van der Waals surface area contributed by atoms with Crippen LogP contribution >= 0.6 is 23.2 Å². The zero-order valence-corrected chi connectivity index (χ0v) is 21.7. The molecule has 0 saturated heterocycles. The molecule has 3 aromatic carbocycles. The molecule has 0 aromatic heterocycles. The molecule has 0 spiro atoms. The SMILES string of the molecule is CCCCOc1ccccc1C1C(C#N)=C(N)Oc2cc(OC(=O)c3cc(Cl)c(OC)c(Cl)c3)ccc21. The average molecular weight is 539 g/mol. The van der Waals surface area contributed by atoms with Crippen molar-refractivity contribution in [1.82, 2.24) is 0 Å². The first-order valence-corrected chi connectivity index (χ1v) is 12.3. The van der Waals surface area contributed by atoms with Crippen molar-refractivity contribution in [1.29, 1.82) is 5.26 Å². The molecular weight excluding hydrogens is 515 g/mol. The maximum absolute atomic E-state index is 12.8. The Morgan fingerprint density at radius 2 is 1.84 bits per heavy atom. The van der Waals surface area contributed by atoms with E-state index in [0.29, 0.717) is 23.7 Å². The van der Waals surface area contributed by atoms with Gasteiger partial charge in [0.05, 0.1) is 35.2 Å². The lowest BCUT2D eigenvalue weighted by Crippen LogP contribution is -2.21. The minimum absolute atomic E-state index is 0.0273. The number of nitrogens with two attached hydrogens (primary N) is 1. The van der Waals surface area contributed by atoms with Gasteiger partial charge in [0, 0.05) is 17.2 Å². The molecule has 1 aliphatic rings. The highest BCUT2D eigenvalue weighted by Crippen LogP contribution is 2.46. The Morgan fingerprint density at radius 1 is 1.11 bits per heavy atom. The molecule has 1 unspecified atom stereocenters. The number of halogens is 2. The zero-order valence-electron chi connectivity index (χ0n) is 20.2. The van der Waals surface area contributed by atoms with Crippen molar-refractivity contribution in [2.75, 3.05) is 13.7 Å². The quantitative estimate of drug-likeness (QED) is 0.195. The third-order valence-electron chi connectivity index (χ3n) is 5.82. The number of nitriles is 1. The van der Waals surface area contributed by atoms with E-state index in [2.05, 4.69) is 13.0 Å². The predicted octanol–water partition coefficient (Wildman–Crippen LogP) is 6.62. The number of carbonyl (C=O) groups excluding carboxylic acids is 1. The monoisotopic (exact) mass is 538 g/mol. The lowest BCUT2D eigenvalue weighted by molar-refractivity contribution is 0.0734. The number of hydrogen-bond acceptors (Lipinski definition) is 7. The van der Waals surface area contributed by atoms with Crippen LogP contribution in [0, 0.1) is 11.3 Å². The highest BCUT2D eigenvalue weighted by molar-refractivity contribution is 6.37. The first kappa shape index (κ1) is 26.2. The summed E-state index contributed by atoms with van der Waals surface area (Å²) in [5.74, 6) is 0.290. The van der Waals surface area contributed by atoms with Crippen LogP contribution in [0.4, 0.5) is 0 Å². The van der Waals surface area contributed by atoms with Crippen LogP contribution < -0.4 is 24.7 Å². The maximum Gasteiger partial charge on any atom is 0.343 e. The average Bonchev–Trinajstić information content (AvgIpc) is 2.88. The second-order valence-corrected chi connectivity index (χ2v) is 9.04. The normalized spacial score (nSPS) is 14.3. The molecule has 0 radical (unpaired) electrons. The van der Waals surface area contributed by atoms with Gasteiger partial charge in [0.15, 0.2) is 5.75 Å². The van der Waals surface area contributed by atoms with E-state index < -0.39 is 11.9 Å². The molecule has 0 amide bonds. The van der Waals surface area contributed by atoms with Gasteiger partial charge in [-0.2, -0.15) is 5.26 Å². The van der Waals surface area contributed by atoms with Crippen LogP contribution in [-0.4, -0.2) is 19.7 Å². The molecule has 9 heteroatoms. The number of esters is 1. The van der Waals surface area contributed by atoms with Crippen LogP contribution in [0.1, 0.15) is 47.2 Å². The number of hydrogen-bond donors (Lipinski definition) is 1. The summed E-state index contributed by atoms with van der Waals surface area (Å²) in [6, 6.07) is 17.4. The minimum atomic E-state index is -0.672. The highest BCUT2D eigenvalue weighted by atomic mass is 35.5. The largest absolute Gasteiger partial charge is 0.494 e. The van der Waals surface area contributed by atoms with Crippen molar-refractivity contribution in [3.8, 4) is 29.1 Å². The molecule has 1 aliphatic heterocycles. The molecule has 37 heavy (non-hydrogen) atoms. The van der Waals surface area contributed by atoms with E-state index >= 15 is 0 Å². The predicted molar refractivity (Wildman–Crippen MR) is 141 cm³/mol. The molecule has 0 aliphatic carbocycles. The van der Waals surface area contributed by atoms with Gasteiger partial charge in [-0.15, -0.1) is 0 Å². The Hall–Kier alpha value is -3.86. The van der Waals surface area contributed by atoms with Gasteiger partial charge in [0.2, 0.25) is 5.88 Å². The number of fused-ring (bicyclic) bond motifs is 1. The molecule has 7 nitrogen and oxygen atoms in total. The molecular formula is C28H24Cl2N2O5. The molecule has 0 saturated carbocycles. The minimum Gasteiger partial charge on any atom is -0.494 e. The van der Waals surface area contributed by atoms with E-state index in [1.54, 1.807) is 18.2 Å². The van der Waals surface area contributed by atoms with Crippen molar-refractivity contribution in [3.05, 3.63) is 92.8 Å². The first-order chi connectivity index (χ1) is 17.9. The summed E-state index contributed by atoms with van der Waals surface area (Å²) in [4.78, 5) is 12.8. The van der Waals surface area contributed by atoms with Gasteiger partial charge < -0.3 is 24.7 Å². The van der Waals surface area contributed by atoms with E-state index in [1.807, 2.05) is 24.3 Å². The van der Waals surface area contributed by atoms with Crippen LogP contribution in [0.2, 0.25) is 10.0 Å². The van der Waals surface area contributed by atoms with Crippen molar-refractivity contribution < 1.29 is 23.7 Å². The van der Waals surface area contributed by atoms with Gasteiger partial charge >= 0.3 is 5.97 Å². The number of unbranched alkanes of at least 4 members (excludes halogenated alkanes) is 1. The number of methoxy groups -OCH3 is 1. The molecule has 1 heterocycles. The van der Waals surface area contributed by atoms with Gasteiger partial charge in [-0.05, 0) is 30.7 Å². The topological polar surface area (TPSA) is 104 Å². The van der Waals surface area contributed by atoms with Crippen molar-refractivity contribution in [2.24, 2.45) is 5.73 Å². The van der Waals surface area contributed by atoms with E-state index in [9.17, 15) is 10.1 Å². The maximum atomic E-state index is 12.8. The van der Waals surface area contributed by atoms with E-state index in [-0.39, 0.29) is 38.6 Å². The Morgan fingerprint density at radius 3 is 2.51 bits per heavy atom. The smallest absolute Gasteiger partial charge is 0.343 e. The Labute approximate surface area is 224 Å². The number of carbonyl (C=O) groups is 1. The lowest BCUT2D eigenvalue weighted by atomic mass is 9.83. The van der Waals surface area contributed by atoms with E-state index in [1.165, 1.54) is 19.2 Å². The van der Waals surface area contributed by atoms with Crippen LogP contribution in [-0.2, 0) is 0 Å². The summed E-state index contributed by atoms with van der Waals surface area (Å²) in [6.07, 6.45) is 1.90. The summed E-state index contributed by atoms with van der Waals surface area (Å²) in [6.45, 7) is 2.64. The summed E-state index contributed by atoms with van der Waals surface area (Å²) < 4.78 is 22.5. The van der Waals surface area contributed by atoms with E-state index in [4.69, 9.17) is 47.9 Å². The fourth-order valence-electron chi connectivity index (χ4n) is 4.03. The summed E-state index contributed by atoms with van der Waals surface area (Å²) in [7, 11) is 1.43. The number of para-hydroxylation sites is 1. The van der Waals surface area contributed by atoms with Gasteiger partial charge in [-0.3, -0.25) is 0 Å². The van der Waals surface area contributed by atoms with Crippen LogP contribution in [0.5, 0.6) is 23.0 Å². The fourth-order valence-corrected chi connectivity index (χ4v) is 4.68. The van der Waals surface area contributed by atoms with Gasteiger partial charge in [0.25, 0.3) is 0 Å². The Kier molecular flexibility index (Phi) is 8.12. The third-order valence-corrected chi connectivity index (χ3v) is 6.39. The second-order valence-electron chi connectivity index (χ2n) is 8.23. The number of ether oxygens (including phenoxy) is 4. The van der Waals surface area contributed by atoms with Crippen LogP contribution in [0.15, 0.2) is 66.1 Å². The highest BCUT2D eigenvalue weighted by Gasteiger charge is 2.33. The molecule has 0 fully saturated rings. The standard InChI is InChI=1S/C28H24Cl2N2O5/c1-3-4-11-35-23-8-6-5-7-18(23)25-19-10-9-17(14-24(19)37-27(32)20(25)15-31)36-28(33)16-12-21(29)26(34-2)22(30)13-16/h5-10,12-14,25H,3-4,11,32H2,1-2H3. The first-order valence-electron chi connectivity index (χ1n) is 11.6. The lowest BCUT2D eigenvalue weighted by Gasteiger charge is -2.28. The van der Waals surface area contributed by atoms with Crippen molar-refractivity contribution >= 4 is 29.2 Å². The summed E-state index contributed by atoms with van der Waals surface area (Å²) in [5, 5.41) is 10.3.